The summed E-state index contributed by atoms with van der Waals surface area (Å²) in [7, 11) is 1.59. The number of aryl methyl sites for hydroxylation is 2. The summed E-state index contributed by atoms with van der Waals surface area (Å²) in [5.74, 6) is 0.663. The highest BCUT2D eigenvalue weighted by Gasteiger charge is 2.31. The van der Waals surface area contributed by atoms with Crippen molar-refractivity contribution in [3.63, 3.8) is 0 Å². The van der Waals surface area contributed by atoms with Gasteiger partial charge in [0.05, 0.1) is 12.7 Å². The van der Waals surface area contributed by atoms with Gasteiger partial charge in [0.15, 0.2) is 0 Å². The topological polar surface area (TPSA) is 59.1 Å². The van der Waals surface area contributed by atoms with Crippen molar-refractivity contribution in [3.05, 3.63) is 28.8 Å². The molecule has 0 saturated carbocycles. The van der Waals surface area contributed by atoms with Gasteiger partial charge in [0, 0.05) is 32.8 Å². The van der Waals surface area contributed by atoms with E-state index in [4.69, 9.17) is 9.47 Å². The first-order chi connectivity index (χ1) is 12.5. The molecule has 2 aliphatic heterocycles. The van der Waals surface area contributed by atoms with Crippen LogP contribution in [0.5, 0.6) is 5.75 Å². The fourth-order valence-corrected chi connectivity index (χ4v) is 3.84. The zero-order valence-corrected chi connectivity index (χ0v) is 15.9. The van der Waals surface area contributed by atoms with Gasteiger partial charge in [-0.05, 0) is 50.3 Å². The minimum Gasteiger partial charge on any atom is -0.496 e. The summed E-state index contributed by atoms with van der Waals surface area (Å²) in [6.45, 7) is 7.00. The maximum Gasteiger partial charge on any atom is 0.257 e. The number of amides is 2. The van der Waals surface area contributed by atoms with E-state index < -0.39 is 0 Å². The molecule has 1 atom stereocenters. The second-order valence-corrected chi connectivity index (χ2v) is 7.13. The molecule has 2 saturated heterocycles. The summed E-state index contributed by atoms with van der Waals surface area (Å²) in [6.07, 6.45) is 2.23. The van der Waals surface area contributed by atoms with E-state index in [9.17, 15) is 9.59 Å². The van der Waals surface area contributed by atoms with Gasteiger partial charge in [-0.25, -0.2) is 0 Å². The molecule has 1 unspecified atom stereocenters. The summed E-state index contributed by atoms with van der Waals surface area (Å²) in [5, 5.41) is 0. The van der Waals surface area contributed by atoms with Gasteiger partial charge in [0.25, 0.3) is 11.8 Å². The fourth-order valence-electron chi connectivity index (χ4n) is 3.84. The van der Waals surface area contributed by atoms with Gasteiger partial charge >= 0.3 is 0 Å². The summed E-state index contributed by atoms with van der Waals surface area (Å²) < 4.78 is 11.0. The van der Waals surface area contributed by atoms with E-state index in [0.717, 1.165) is 30.4 Å². The SMILES string of the molecule is COc1cc(C)cc(C)c1C(=O)N1CCCN(C(=O)C2CCCO2)CC1. The molecule has 2 aliphatic rings. The number of carbonyl (C=O) groups excluding carboxylic acids is 2. The van der Waals surface area contributed by atoms with E-state index >= 15 is 0 Å². The molecule has 0 N–H and O–H groups in total. The number of benzene rings is 1. The Balaban J connectivity index is 1.71. The van der Waals surface area contributed by atoms with Gasteiger partial charge in [0.1, 0.15) is 11.9 Å². The van der Waals surface area contributed by atoms with E-state index in [-0.39, 0.29) is 17.9 Å². The van der Waals surface area contributed by atoms with Crippen molar-refractivity contribution in [2.24, 2.45) is 0 Å². The number of hydrogen-bond acceptors (Lipinski definition) is 4. The first-order valence-electron chi connectivity index (χ1n) is 9.36. The van der Waals surface area contributed by atoms with Gasteiger partial charge in [-0.15, -0.1) is 0 Å². The number of nitrogens with zero attached hydrogens (tertiary/aromatic N) is 2. The van der Waals surface area contributed by atoms with Crippen molar-refractivity contribution in [2.45, 2.75) is 39.2 Å². The van der Waals surface area contributed by atoms with Gasteiger partial charge in [-0.3, -0.25) is 9.59 Å². The molecule has 1 aromatic carbocycles. The number of ether oxygens (including phenoxy) is 2. The summed E-state index contributed by atoms with van der Waals surface area (Å²) in [5.41, 5.74) is 2.61. The van der Waals surface area contributed by atoms with Gasteiger partial charge in [-0.1, -0.05) is 6.07 Å². The maximum atomic E-state index is 13.1. The molecule has 1 aromatic rings. The lowest BCUT2D eigenvalue weighted by atomic mass is 10.0. The van der Waals surface area contributed by atoms with Crippen molar-refractivity contribution >= 4 is 11.8 Å². The zero-order valence-electron chi connectivity index (χ0n) is 15.9. The number of methoxy groups -OCH3 is 1. The Morgan fingerprint density at radius 1 is 1.08 bits per heavy atom. The fraction of sp³-hybridized carbons (Fsp3) is 0.600. The van der Waals surface area contributed by atoms with E-state index in [1.165, 1.54) is 0 Å². The molecule has 6 nitrogen and oxygen atoms in total. The predicted octanol–water partition coefficient (Wildman–Crippen LogP) is 2.17. The van der Waals surface area contributed by atoms with Crippen molar-refractivity contribution in [1.29, 1.82) is 0 Å². The highest BCUT2D eigenvalue weighted by atomic mass is 16.5. The molecule has 142 valence electrons. The summed E-state index contributed by atoms with van der Waals surface area (Å²) in [4.78, 5) is 29.4. The van der Waals surface area contributed by atoms with Crippen LogP contribution in [0.25, 0.3) is 0 Å². The number of hydrogen-bond donors (Lipinski definition) is 0. The highest BCUT2D eigenvalue weighted by molar-refractivity contribution is 5.98. The summed E-state index contributed by atoms with van der Waals surface area (Å²) >= 11 is 0. The third-order valence-corrected chi connectivity index (χ3v) is 5.18. The molecule has 2 heterocycles. The average Bonchev–Trinajstić information content (AvgIpc) is 3.04. The quantitative estimate of drug-likeness (QED) is 0.829. The highest BCUT2D eigenvalue weighted by Crippen LogP contribution is 2.26. The van der Waals surface area contributed by atoms with Crippen molar-refractivity contribution in [1.82, 2.24) is 9.80 Å². The molecular weight excluding hydrogens is 332 g/mol. The van der Waals surface area contributed by atoms with E-state index in [2.05, 4.69) is 0 Å². The Morgan fingerprint density at radius 3 is 2.50 bits per heavy atom. The lowest BCUT2D eigenvalue weighted by molar-refractivity contribution is -0.140. The van der Waals surface area contributed by atoms with Crippen molar-refractivity contribution < 1.29 is 19.1 Å². The molecule has 6 heteroatoms. The largest absolute Gasteiger partial charge is 0.496 e. The molecule has 0 aromatic heterocycles. The van der Waals surface area contributed by atoms with Crippen LogP contribution in [0.1, 0.15) is 40.7 Å². The van der Waals surface area contributed by atoms with Crippen LogP contribution in [0.3, 0.4) is 0 Å². The third-order valence-electron chi connectivity index (χ3n) is 5.18. The van der Waals surface area contributed by atoms with Crippen molar-refractivity contribution in [3.8, 4) is 5.75 Å². The minimum absolute atomic E-state index is 0.0224. The molecule has 3 rings (SSSR count). The Morgan fingerprint density at radius 2 is 1.81 bits per heavy atom. The van der Waals surface area contributed by atoms with Crippen LogP contribution >= 0.6 is 0 Å². The standard InChI is InChI=1S/C20H28N2O4/c1-14-12-15(2)18(17(13-14)25-3)20(24)22-8-5-7-21(9-10-22)19(23)16-6-4-11-26-16/h12-13,16H,4-11H2,1-3H3. The molecule has 0 bridgehead atoms. The molecular formula is C20H28N2O4. The molecule has 0 spiro atoms. The Labute approximate surface area is 155 Å². The second-order valence-electron chi connectivity index (χ2n) is 7.13. The van der Waals surface area contributed by atoms with E-state index in [0.29, 0.717) is 44.1 Å². The van der Waals surface area contributed by atoms with Crippen LogP contribution in [0.15, 0.2) is 12.1 Å². The van der Waals surface area contributed by atoms with Crippen LogP contribution in [-0.2, 0) is 9.53 Å². The van der Waals surface area contributed by atoms with Gasteiger partial charge in [0.2, 0.25) is 0 Å². The van der Waals surface area contributed by atoms with Gasteiger partial charge in [-0.2, -0.15) is 0 Å². The molecule has 0 aliphatic carbocycles. The smallest absolute Gasteiger partial charge is 0.257 e. The van der Waals surface area contributed by atoms with Crippen LogP contribution in [0, 0.1) is 13.8 Å². The van der Waals surface area contributed by atoms with Crippen molar-refractivity contribution in [2.75, 3.05) is 39.9 Å². The van der Waals surface area contributed by atoms with E-state index in [1.54, 1.807) is 7.11 Å². The maximum absolute atomic E-state index is 13.1. The lowest BCUT2D eigenvalue weighted by Gasteiger charge is -2.25. The van der Waals surface area contributed by atoms with E-state index in [1.807, 2.05) is 35.8 Å². The lowest BCUT2D eigenvalue weighted by Crippen LogP contribution is -2.42. The normalized spacial score (nSPS) is 20.8. The predicted molar refractivity (Wildman–Crippen MR) is 98.5 cm³/mol. The minimum atomic E-state index is -0.295. The Kier molecular flexibility index (Phi) is 5.81. The molecule has 26 heavy (non-hydrogen) atoms. The van der Waals surface area contributed by atoms with Gasteiger partial charge < -0.3 is 19.3 Å². The second kappa shape index (κ2) is 8.08. The zero-order chi connectivity index (χ0) is 18.7. The summed E-state index contributed by atoms with van der Waals surface area (Å²) in [6, 6.07) is 3.89. The van der Waals surface area contributed by atoms with Crippen LogP contribution in [0.4, 0.5) is 0 Å². The number of rotatable bonds is 3. The monoisotopic (exact) mass is 360 g/mol. The number of carbonyl (C=O) groups is 2. The first kappa shape index (κ1) is 18.7. The average molecular weight is 360 g/mol. The van der Waals surface area contributed by atoms with Crippen LogP contribution in [0.2, 0.25) is 0 Å². The molecule has 2 amide bonds. The van der Waals surface area contributed by atoms with Crippen LogP contribution < -0.4 is 4.74 Å². The van der Waals surface area contributed by atoms with Crippen LogP contribution in [-0.4, -0.2) is 67.6 Å². The third kappa shape index (κ3) is 3.85. The molecule has 0 radical (unpaired) electrons. The molecule has 2 fully saturated rings. The first-order valence-corrected chi connectivity index (χ1v) is 9.36. The Bertz CT molecular complexity index is 683. The Hall–Kier alpha value is -2.08.